The summed E-state index contributed by atoms with van der Waals surface area (Å²) in [6, 6.07) is 0. The monoisotopic (exact) mass is 268 g/mol. The van der Waals surface area contributed by atoms with Crippen LogP contribution in [-0.2, 0) is 14.0 Å². The fraction of sp³-hybridized carbons (Fsp3) is 0. The van der Waals surface area contributed by atoms with Gasteiger partial charge in [-0.1, -0.05) is 9.46 Å². The predicted molar refractivity (Wildman–Crippen MR) is 15.3 cm³/mol. The zero-order valence-corrected chi connectivity index (χ0v) is 11.0. The fourth-order valence-corrected chi connectivity index (χ4v) is 0.0319. The molecule has 1 N–H and O–H groups in total. The van der Waals surface area contributed by atoms with E-state index in [4.69, 9.17) is 4.89 Å². The van der Waals surface area contributed by atoms with E-state index >= 15 is 0 Å². The van der Waals surface area contributed by atoms with Crippen LogP contribution in [0.4, 0.5) is 9.05 Å². The third kappa shape index (κ3) is 6.15. The zero-order valence-electron chi connectivity index (χ0n) is 4.88. The summed E-state index contributed by atoms with van der Waals surface area (Å²) in [5.41, 5.74) is 0. The van der Waals surface area contributed by atoms with Crippen LogP contribution in [0.25, 0.3) is 0 Å². The SMILES string of the molecule is O=P(O)(OF)OF.[Cs+].[H-]. The summed E-state index contributed by atoms with van der Waals surface area (Å²) in [5, 5.41) is 0. The average molecular weight is 268 g/mol. The molecule has 0 fully saturated rings. The van der Waals surface area contributed by atoms with Crippen LogP contribution < -0.4 is 68.9 Å². The van der Waals surface area contributed by atoms with Crippen molar-refractivity contribution in [1.82, 2.24) is 0 Å². The van der Waals surface area contributed by atoms with Crippen molar-refractivity contribution < 1.29 is 98.3 Å². The predicted octanol–water partition coefficient (Wildman–Crippen LogP) is -1.99. The Kier molecular flexibility index (Phi) is 9.16. The van der Waals surface area contributed by atoms with E-state index in [0.717, 1.165) is 0 Å². The fourth-order valence-electron chi connectivity index (χ4n) is 0.0106. The second-order valence-corrected chi connectivity index (χ2v) is 1.82. The van der Waals surface area contributed by atoms with Crippen molar-refractivity contribution in [3.63, 3.8) is 0 Å². The molecule has 8 heteroatoms. The van der Waals surface area contributed by atoms with Gasteiger partial charge >= 0.3 is 76.7 Å². The van der Waals surface area contributed by atoms with Gasteiger partial charge in [-0.15, -0.1) is 0 Å². The Hall–Kier alpha value is 2.02. The minimum atomic E-state index is -4.99. The first-order chi connectivity index (χ1) is 3.12. The Bertz CT molecular complexity index is 90.6. The zero-order chi connectivity index (χ0) is 5.91. The second kappa shape index (κ2) is 5.78. The van der Waals surface area contributed by atoms with Crippen molar-refractivity contribution in [3.05, 3.63) is 0 Å². The summed E-state index contributed by atoms with van der Waals surface area (Å²) in [4.78, 5) is 7.49. The van der Waals surface area contributed by atoms with Gasteiger partial charge in [0, 0.05) is 0 Å². The molecule has 0 rings (SSSR count). The van der Waals surface area contributed by atoms with E-state index in [9.17, 15) is 13.6 Å². The maximum absolute atomic E-state index is 10.4. The minimum absolute atomic E-state index is 0. The molecule has 0 spiro atoms. The summed E-state index contributed by atoms with van der Waals surface area (Å²) >= 11 is 0. The van der Waals surface area contributed by atoms with Gasteiger partial charge in [-0.05, 0) is 9.05 Å². The summed E-state index contributed by atoms with van der Waals surface area (Å²) in [7, 11) is -4.99. The van der Waals surface area contributed by atoms with Crippen LogP contribution in [-0.4, -0.2) is 4.89 Å². The maximum atomic E-state index is 10.4. The molecule has 0 radical (unpaired) electrons. The van der Waals surface area contributed by atoms with Crippen LogP contribution in [0.15, 0.2) is 0 Å². The number of hydrogen-bond acceptors (Lipinski definition) is 3. The van der Waals surface area contributed by atoms with Crippen LogP contribution in [0.5, 0.6) is 0 Å². The van der Waals surface area contributed by atoms with Crippen molar-refractivity contribution in [3.8, 4) is 0 Å². The summed E-state index contributed by atoms with van der Waals surface area (Å²) < 4.78 is 34.3. The van der Waals surface area contributed by atoms with E-state index in [1.807, 2.05) is 0 Å². The molecule has 8 heavy (non-hydrogen) atoms. The molecular formula is H2CsF2O4P. The minimum Gasteiger partial charge on any atom is -1.00 e. The van der Waals surface area contributed by atoms with Gasteiger partial charge in [-0.25, -0.2) is 4.57 Å². The van der Waals surface area contributed by atoms with Crippen molar-refractivity contribution in [2.75, 3.05) is 0 Å². The molecule has 0 atom stereocenters. The van der Waals surface area contributed by atoms with E-state index in [1.54, 1.807) is 0 Å². The molecule has 46 valence electrons. The number of rotatable bonds is 2. The molecule has 0 saturated heterocycles. The van der Waals surface area contributed by atoms with Gasteiger partial charge in [-0.3, -0.25) is 4.89 Å². The Morgan fingerprint density at radius 2 is 1.75 bits per heavy atom. The normalized spacial score (nSPS) is 10.4. The van der Waals surface area contributed by atoms with Crippen molar-refractivity contribution in [2.24, 2.45) is 0 Å². The van der Waals surface area contributed by atoms with Gasteiger partial charge in [0.15, 0.2) is 0 Å². The number of hydrogen-bond donors (Lipinski definition) is 1. The van der Waals surface area contributed by atoms with E-state index < -0.39 is 7.82 Å². The smallest absolute Gasteiger partial charge is 1.00 e. The molecule has 0 heterocycles. The Balaban J connectivity index is -0.000000180. The first-order valence-corrected chi connectivity index (χ1v) is 2.55. The number of phosphoric acid groups is 1. The van der Waals surface area contributed by atoms with Gasteiger partial charge in [0.25, 0.3) is 0 Å². The van der Waals surface area contributed by atoms with E-state index in [2.05, 4.69) is 9.46 Å². The van der Waals surface area contributed by atoms with Gasteiger partial charge in [0.1, 0.15) is 0 Å². The standard InChI is InChI=1S/Cs.F2HO4P.H/c;1-5-7(3,4)6-2;/h;(H,3,4);/q+1;;-1. The molecule has 0 aliphatic rings. The molecule has 0 unspecified atom stereocenters. The van der Waals surface area contributed by atoms with Crippen molar-refractivity contribution >= 4 is 7.82 Å². The van der Waals surface area contributed by atoms with E-state index in [-0.39, 0.29) is 70.3 Å². The van der Waals surface area contributed by atoms with Crippen LogP contribution in [0, 0.1) is 0 Å². The van der Waals surface area contributed by atoms with Crippen LogP contribution in [0.3, 0.4) is 0 Å². The van der Waals surface area contributed by atoms with E-state index in [1.165, 1.54) is 0 Å². The van der Waals surface area contributed by atoms with Gasteiger partial charge in [-0.2, -0.15) is 0 Å². The third-order valence-corrected chi connectivity index (χ3v) is 0.523. The summed E-state index contributed by atoms with van der Waals surface area (Å²) in [6.45, 7) is 0. The summed E-state index contributed by atoms with van der Waals surface area (Å²) in [6.07, 6.45) is 0. The van der Waals surface area contributed by atoms with Crippen LogP contribution >= 0.6 is 7.82 Å². The molecule has 0 bridgehead atoms. The Morgan fingerprint density at radius 3 is 1.75 bits per heavy atom. The first kappa shape index (κ1) is 12.7. The largest absolute Gasteiger partial charge is 1.00 e. The molecule has 0 aromatic carbocycles. The van der Waals surface area contributed by atoms with Gasteiger partial charge in [0.05, 0.1) is 0 Å². The molecule has 0 aliphatic heterocycles. The Morgan fingerprint density at radius 1 is 1.50 bits per heavy atom. The third-order valence-electron chi connectivity index (χ3n) is 0.174. The van der Waals surface area contributed by atoms with Gasteiger partial charge in [0.2, 0.25) is 0 Å². The topological polar surface area (TPSA) is 55.8 Å². The molecule has 0 aliphatic carbocycles. The quantitative estimate of drug-likeness (QED) is 0.589. The second-order valence-electron chi connectivity index (χ2n) is 0.607. The maximum Gasteiger partial charge on any atom is 1.00 e. The first-order valence-electron chi connectivity index (χ1n) is 1.06. The van der Waals surface area contributed by atoms with Crippen LogP contribution in [0.1, 0.15) is 1.43 Å². The van der Waals surface area contributed by atoms with Crippen molar-refractivity contribution in [2.45, 2.75) is 0 Å². The average Bonchev–Trinajstić information content (AvgIpc) is 1.68. The van der Waals surface area contributed by atoms with Gasteiger partial charge < -0.3 is 1.43 Å². The molecule has 0 aromatic heterocycles. The molecular weight excluding hydrogens is 266 g/mol. The van der Waals surface area contributed by atoms with Crippen LogP contribution in [0.2, 0.25) is 0 Å². The molecule has 4 nitrogen and oxygen atoms in total. The Labute approximate surface area is 104 Å². The van der Waals surface area contributed by atoms with Crippen molar-refractivity contribution in [1.29, 1.82) is 0 Å². The molecule has 0 amide bonds. The molecule has 0 saturated carbocycles. The number of halogens is 2. The van der Waals surface area contributed by atoms with E-state index in [0.29, 0.717) is 0 Å². The summed E-state index contributed by atoms with van der Waals surface area (Å²) in [5.74, 6) is 0. The molecule has 0 aromatic rings.